The molecule has 10 heteroatoms. The Bertz CT molecular complexity index is 939. The summed E-state index contributed by atoms with van der Waals surface area (Å²) in [5.74, 6) is -3.73. The third kappa shape index (κ3) is 2.44. The Morgan fingerprint density at radius 3 is 2.27 bits per heavy atom. The molecule has 160 valence electrons. The second-order valence-electron chi connectivity index (χ2n) is 8.72. The fourth-order valence-corrected chi connectivity index (χ4v) is 6.46. The molecular formula is C20H21N2O7S-. The fraction of sp³-hybridized carbons (Fsp3) is 0.500. The van der Waals surface area contributed by atoms with Crippen LogP contribution in [0.4, 0.5) is 0 Å². The summed E-state index contributed by atoms with van der Waals surface area (Å²) in [6.45, 7) is 4.20. The highest BCUT2D eigenvalue weighted by Crippen LogP contribution is 2.53. The van der Waals surface area contributed by atoms with Gasteiger partial charge in [0.2, 0.25) is 0 Å². The Hall–Kier alpha value is -2.43. The zero-order valence-corrected chi connectivity index (χ0v) is 17.4. The Balaban J connectivity index is 1.89. The second-order valence-corrected chi connectivity index (χ2v) is 10.2. The molecule has 0 saturated carbocycles. The SMILES string of the molecule is CC(C)(C)C(C(=O)[O-])(C1NC2C(=O)OCC2(CO)S1)N1C(=O)c2ccccc2C1=O. The number of hydrogen-bond donors (Lipinski definition) is 2. The smallest absolute Gasteiger partial charge is 0.324 e. The lowest BCUT2D eigenvalue weighted by Crippen LogP contribution is -2.75. The summed E-state index contributed by atoms with van der Waals surface area (Å²) in [4.78, 5) is 52.3. The number of fused-ring (bicyclic) bond motifs is 2. The van der Waals surface area contributed by atoms with E-state index in [1.54, 1.807) is 32.9 Å². The van der Waals surface area contributed by atoms with Crippen molar-refractivity contribution >= 4 is 35.5 Å². The molecular weight excluding hydrogens is 412 g/mol. The van der Waals surface area contributed by atoms with Crippen LogP contribution in [0.5, 0.6) is 0 Å². The molecule has 4 rings (SSSR count). The highest BCUT2D eigenvalue weighted by molar-refractivity contribution is 8.01. The van der Waals surface area contributed by atoms with Crippen LogP contribution in [0.25, 0.3) is 0 Å². The Morgan fingerprint density at radius 2 is 1.83 bits per heavy atom. The number of rotatable bonds is 4. The molecule has 9 nitrogen and oxygen atoms in total. The van der Waals surface area contributed by atoms with Crippen LogP contribution in [0.1, 0.15) is 41.5 Å². The molecule has 0 radical (unpaired) electrons. The molecule has 2 N–H and O–H groups in total. The van der Waals surface area contributed by atoms with E-state index in [0.29, 0.717) is 0 Å². The van der Waals surface area contributed by atoms with Crippen molar-refractivity contribution in [3.8, 4) is 0 Å². The number of aliphatic hydroxyl groups is 1. The van der Waals surface area contributed by atoms with Gasteiger partial charge in [0.15, 0.2) is 0 Å². The summed E-state index contributed by atoms with van der Waals surface area (Å²) in [7, 11) is 0. The number of cyclic esters (lactones) is 1. The van der Waals surface area contributed by atoms with Gasteiger partial charge in [0, 0.05) is 0 Å². The molecule has 0 aromatic heterocycles. The maximum atomic E-state index is 13.3. The van der Waals surface area contributed by atoms with Gasteiger partial charge in [-0.1, -0.05) is 32.9 Å². The third-order valence-electron chi connectivity index (χ3n) is 6.14. The van der Waals surface area contributed by atoms with Crippen LogP contribution in [0, 0.1) is 5.41 Å². The Labute approximate surface area is 176 Å². The molecule has 4 unspecified atom stereocenters. The normalized spacial score (nSPS) is 30.1. The number of nitrogens with one attached hydrogen (secondary N) is 1. The highest BCUT2D eigenvalue weighted by Gasteiger charge is 2.68. The Kier molecular flexibility index (Phi) is 4.53. The number of thioether (sulfide) groups is 1. The highest BCUT2D eigenvalue weighted by atomic mass is 32.2. The molecule has 30 heavy (non-hydrogen) atoms. The summed E-state index contributed by atoms with van der Waals surface area (Å²) < 4.78 is 3.93. The number of ether oxygens (including phenoxy) is 1. The number of imide groups is 1. The van der Waals surface area contributed by atoms with E-state index in [9.17, 15) is 29.4 Å². The van der Waals surface area contributed by atoms with Crippen molar-refractivity contribution in [1.29, 1.82) is 0 Å². The summed E-state index contributed by atoms with van der Waals surface area (Å²) in [6, 6.07) is 5.14. The fourth-order valence-electron chi connectivity index (χ4n) is 4.56. The first-order valence-electron chi connectivity index (χ1n) is 9.42. The first kappa shape index (κ1) is 20.8. The molecule has 1 aromatic carbocycles. The molecule has 3 aliphatic rings. The first-order valence-corrected chi connectivity index (χ1v) is 10.3. The number of aliphatic hydroxyl groups excluding tert-OH is 1. The van der Waals surface area contributed by atoms with Crippen LogP contribution in [0.3, 0.4) is 0 Å². The predicted octanol–water partition coefficient (Wildman–Crippen LogP) is -0.864. The van der Waals surface area contributed by atoms with Crippen molar-refractivity contribution in [2.24, 2.45) is 5.41 Å². The lowest BCUT2D eigenvalue weighted by atomic mass is 9.71. The molecule has 4 atom stereocenters. The minimum Gasteiger partial charge on any atom is -0.547 e. The number of aliphatic carboxylic acids is 1. The minimum absolute atomic E-state index is 0.108. The zero-order chi connectivity index (χ0) is 22.1. The van der Waals surface area contributed by atoms with E-state index in [2.05, 4.69) is 5.32 Å². The van der Waals surface area contributed by atoms with Gasteiger partial charge in [0.05, 0.1) is 29.1 Å². The van der Waals surface area contributed by atoms with E-state index >= 15 is 0 Å². The van der Waals surface area contributed by atoms with Crippen molar-refractivity contribution in [3.05, 3.63) is 35.4 Å². The Morgan fingerprint density at radius 1 is 1.27 bits per heavy atom. The summed E-state index contributed by atoms with van der Waals surface area (Å²) in [5, 5.41) is 24.6. The molecule has 0 bridgehead atoms. The van der Waals surface area contributed by atoms with Gasteiger partial charge in [-0.3, -0.25) is 24.6 Å². The maximum Gasteiger partial charge on any atom is 0.324 e. The van der Waals surface area contributed by atoms with Crippen LogP contribution in [-0.2, 0) is 14.3 Å². The van der Waals surface area contributed by atoms with Gasteiger partial charge in [-0.05, 0) is 17.5 Å². The van der Waals surface area contributed by atoms with E-state index in [4.69, 9.17) is 4.74 Å². The summed E-state index contributed by atoms with van der Waals surface area (Å²) >= 11 is 0.990. The molecule has 2 amide bonds. The molecule has 2 saturated heterocycles. The van der Waals surface area contributed by atoms with Gasteiger partial charge < -0.3 is 19.7 Å². The number of esters is 1. The number of carbonyl (C=O) groups excluding carboxylic acids is 4. The first-order chi connectivity index (χ1) is 14.0. The van der Waals surface area contributed by atoms with Crippen LogP contribution in [0.2, 0.25) is 0 Å². The molecule has 3 heterocycles. The number of benzene rings is 1. The maximum absolute atomic E-state index is 13.3. The monoisotopic (exact) mass is 433 g/mol. The van der Waals surface area contributed by atoms with Crippen LogP contribution >= 0.6 is 11.8 Å². The van der Waals surface area contributed by atoms with E-state index < -0.39 is 57.5 Å². The summed E-state index contributed by atoms with van der Waals surface area (Å²) in [5.41, 5.74) is -3.13. The van der Waals surface area contributed by atoms with Gasteiger partial charge in [-0.2, -0.15) is 0 Å². The van der Waals surface area contributed by atoms with E-state index in [-0.39, 0.29) is 17.7 Å². The number of carboxylic acids is 1. The molecule has 0 aliphatic carbocycles. The number of nitrogens with zero attached hydrogens (tertiary/aromatic N) is 1. The molecule has 3 aliphatic heterocycles. The third-order valence-corrected chi connectivity index (χ3v) is 7.80. The number of hydrogen-bond acceptors (Lipinski definition) is 9. The predicted molar refractivity (Wildman–Crippen MR) is 103 cm³/mol. The molecule has 0 spiro atoms. The van der Waals surface area contributed by atoms with Crippen molar-refractivity contribution in [2.45, 2.75) is 42.5 Å². The largest absolute Gasteiger partial charge is 0.547 e. The van der Waals surface area contributed by atoms with Gasteiger partial charge in [-0.25, -0.2) is 0 Å². The van der Waals surface area contributed by atoms with Crippen LogP contribution < -0.4 is 10.4 Å². The van der Waals surface area contributed by atoms with Crippen molar-refractivity contribution < 1.29 is 34.1 Å². The van der Waals surface area contributed by atoms with Gasteiger partial charge in [-0.15, -0.1) is 11.8 Å². The number of carboxylic acid groups (broad SMARTS) is 1. The average molecular weight is 433 g/mol. The van der Waals surface area contributed by atoms with Crippen LogP contribution in [-0.4, -0.2) is 68.7 Å². The summed E-state index contributed by atoms with van der Waals surface area (Å²) in [6.07, 6.45) is 0. The number of amides is 2. The van der Waals surface area contributed by atoms with E-state index in [1.807, 2.05) is 0 Å². The van der Waals surface area contributed by atoms with Gasteiger partial charge in [0.25, 0.3) is 11.8 Å². The van der Waals surface area contributed by atoms with E-state index in [1.165, 1.54) is 12.1 Å². The average Bonchev–Trinajstić information content (AvgIpc) is 3.28. The quantitative estimate of drug-likeness (QED) is 0.459. The lowest BCUT2D eigenvalue weighted by Gasteiger charge is -2.53. The van der Waals surface area contributed by atoms with Gasteiger partial charge in [0.1, 0.15) is 22.9 Å². The standard InChI is InChI=1S/C20H22N2O7S/c1-18(2,3)20(17(27)28,16-21-12-15(26)29-9-19(12,8-23)30-16)22-13(24)10-6-4-5-7-11(10)14(22)25/h4-7,12,16,21,23H,8-9H2,1-3H3,(H,27,28)/p-1. The van der Waals surface area contributed by atoms with Crippen molar-refractivity contribution in [2.75, 3.05) is 13.2 Å². The zero-order valence-electron chi connectivity index (χ0n) is 16.6. The molecule has 2 fully saturated rings. The molecule has 1 aromatic rings. The van der Waals surface area contributed by atoms with Crippen LogP contribution in [0.15, 0.2) is 24.3 Å². The van der Waals surface area contributed by atoms with Crippen molar-refractivity contribution in [3.63, 3.8) is 0 Å². The lowest BCUT2D eigenvalue weighted by molar-refractivity contribution is -0.322. The minimum atomic E-state index is -2.16. The topological polar surface area (TPSA) is 136 Å². The van der Waals surface area contributed by atoms with Gasteiger partial charge >= 0.3 is 5.97 Å². The second kappa shape index (κ2) is 6.53. The van der Waals surface area contributed by atoms with E-state index in [0.717, 1.165) is 16.7 Å². The van der Waals surface area contributed by atoms with Crippen molar-refractivity contribution in [1.82, 2.24) is 10.2 Å². The number of carbonyl (C=O) groups is 4.